The normalized spacial score (nSPS) is 16.2. The van der Waals surface area contributed by atoms with Crippen LogP contribution in [0.2, 0.25) is 0 Å². The van der Waals surface area contributed by atoms with Gasteiger partial charge in [0.05, 0.1) is 5.70 Å². The predicted molar refractivity (Wildman–Crippen MR) is 167 cm³/mol. The summed E-state index contributed by atoms with van der Waals surface area (Å²) >= 11 is 5.55. The van der Waals surface area contributed by atoms with Crippen molar-refractivity contribution >= 4 is 41.1 Å². The van der Waals surface area contributed by atoms with Crippen LogP contribution in [0.15, 0.2) is 88.6 Å². The van der Waals surface area contributed by atoms with Gasteiger partial charge in [-0.25, -0.2) is 4.99 Å². The molecule has 9 heteroatoms. The Balaban J connectivity index is 1.15. The number of benzene rings is 3. The molecule has 0 radical (unpaired) electrons. The van der Waals surface area contributed by atoms with Crippen LogP contribution in [0.25, 0.3) is 5.70 Å². The lowest BCUT2D eigenvalue weighted by atomic mass is 9.93. The van der Waals surface area contributed by atoms with Crippen molar-refractivity contribution in [3.8, 4) is 5.75 Å². The molecule has 42 heavy (non-hydrogen) atoms. The molecule has 2 heterocycles. The van der Waals surface area contributed by atoms with E-state index < -0.39 is 6.36 Å². The van der Waals surface area contributed by atoms with E-state index in [1.807, 2.05) is 50.6 Å². The van der Waals surface area contributed by atoms with E-state index in [-0.39, 0.29) is 11.7 Å². The average molecular weight is 589 g/mol. The minimum atomic E-state index is -4.68. The summed E-state index contributed by atoms with van der Waals surface area (Å²) in [6.07, 6.45) is 6.48. The van der Waals surface area contributed by atoms with Crippen molar-refractivity contribution < 1.29 is 17.9 Å². The van der Waals surface area contributed by atoms with Gasteiger partial charge in [0.25, 0.3) is 0 Å². The zero-order valence-corrected chi connectivity index (χ0v) is 24.1. The number of rotatable bonds is 7. The van der Waals surface area contributed by atoms with Crippen molar-refractivity contribution in [1.29, 1.82) is 0 Å². The van der Waals surface area contributed by atoms with Crippen LogP contribution in [0.3, 0.4) is 0 Å². The molecule has 5 nitrogen and oxygen atoms in total. The Morgan fingerprint density at radius 3 is 2.43 bits per heavy atom. The fraction of sp³-hybridized carbons (Fsp3) is 0.242. The summed E-state index contributed by atoms with van der Waals surface area (Å²) in [6.45, 7) is 4.09. The number of anilines is 1. The van der Waals surface area contributed by atoms with Crippen LogP contribution in [-0.4, -0.2) is 23.9 Å². The maximum absolute atomic E-state index is 12.4. The Morgan fingerprint density at radius 1 is 0.976 bits per heavy atom. The Kier molecular flexibility index (Phi) is 8.87. The van der Waals surface area contributed by atoms with E-state index in [4.69, 9.17) is 17.2 Å². The molecule has 0 bridgehead atoms. The molecule has 216 valence electrons. The van der Waals surface area contributed by atoms with Gasteiger partial charge in [-0.3, -0.25) is 4.99 Å². The average Bonchev–Trinajstić information content (AvgIpc) is 3.16. The fourth-order valence-electron chi connectivity index (χ4n) is 4.97. The number of thiocarbonyl (C=S) groups is 1. The molecular weight excluding hydrogens is 557 g/mol. The second kappa shape index (κ2) is 12.7. The standard InChI is InChI=1S/C33H31F3N4OS/c1-21-4-3-5-22(2)31(21)40-32(42)39-30-17-13-25-11-12-26(18-27(25)20-38-30)29-16-10-24(19-37-29)7-6-23-8-14-28(15-9-23)41-33(34,35)36/h3-5,8-9,11-12,14-20,24H,6-7,10,13H2,1-2H3,(H2,39,40,42). The molecule has 3 aromatic carbocycles. The Labute approximate surface area is 248 Å². The number of ether oxygens (including phenoxy) is 1. The number of nitrogens with one attached hydrogen (secondary N) is 2. The monoisotopic (exact) mass is 588 g/mol. The van der Waals surface area contributed by atoms with Gasteiger partial charge in [0.1, 0.15) is 11.6 Å². The Hall–Kier alpha value is -4.24. The van der Waals surface area contributed by atoms with Gasteiger partial charge in [-0.1, -0.05) is 48.5 Å². The number of hydrogen-bond acceptors (Lipinski definition) is 4. The summed E-state index contributed by atoms with van der Waals surface area (Å²) in [7, 11) is 0. The molecule has 0 fully saturated rings. The minimum Gasteiger partial charge on any atom is -0.406 e. The first-order valence-electron chi connectivity index (χ1n) is 13.7. The molecule has 2 aliphatic heterocycles. The molecule has 0 aromatic heterocycles. The quantitative estimate of drug-likeness (QED) is 0.274. The lowest BCUT2D eigenvalue weighted by molar-refractivity contribution is -0.274. The summed E-state index contributed by atoms with van der Waals surface area (Å²) < 4.78 is 41.0. The lowest BCUT2D eigenvalue weighted by Gasteiger charge is -2.16. The zero-order chi connectivity index (χ0) is 29.7. The van der Waals surface area contributed by atoms with E-state index in [0.29, 0.717) is 10.9 Å². The predicted octanol–water partition coefficient (Wildman–Crippen LogP) is 8.07. The number of fused-ring (bicyclic) bond motifs is 1. The molecule has 2 aliphatic rings. The molecule has 0 spiro atoms. The summed E-state index contributed by atoms with van der Waals surface area (Å²) in [5, 5.41) is 6.99. The summed E-state index contributed by atoms with van der Waals surface area (Å²) in [4.78, 5) is 9.37. The van der Waals surface area contributed by atoms with Gasteiger partial charge in [-0.15, -0.1) is 13.2 Å². The highest BCUT2D eigenvalue weighted by Crippen LogP contribution is 2.28. The van der Waals surface area contributed by atoms with E-state index in [2.05, 4.69) is 44.6 Å². The topological polar surface area (TPSA) is 58.0 Å². The number of halogens is 3. The number of aryl methyl sites for hydroxylation is 3. The second-order valence-electron chi connectivity index (χ2n) is 10.4. The summed E-state index contributed by atoms with van der Waals surface area (Å²) in [6, 6.07) is 18.5. The fourth-order valence-corrected chi connectivity index (χ4v) is 5.18. The van der Waals surface area contributed by atoms with Crippen molar-refractivity contribution in [1.82, 2.24) is 5.32 Å². The first kappa shape index (κ1) is 29.3. The van der Waals surface area contributed by atoms with Crippen LogP contribution in [0.4, 0.5) is 18.9 Å². The van der Waals surface area contributed by atoms with Gasteiger partial charge in [0, 0.05) is 23.7 Å². The van der Waals surface area contributed by atoms with Crippen molar-refractivity contribution in [3.63, 3.8) is 0 Å². The summed E-state index contributed by atoms with van der Waals surface area (Å²) in [5.74, 6) is 0.749. The van der Waals surface area contributed by atoms with Crippen LogP contribution in [0.5, 0.6) is 5.75 Å². The third-order valence-electron chi connectivity index (χ3n) is 7.26. The van der Waals surface area contributed by atoms with E-state index >= 15 is 0 Å². The van der Waals surface area contributed by atoms with Gasteiger partial charge < -0.3 is 15.4 Å². The van der Waals surface area contributed by atoms with Gasteiger partial charge in [0.15, 0.2) is 5.11 Å². The van der Waals surface area contributed by atoms with E-state index in [9.17, 15) is 13.2 Å². The van der Waals surface area contributed by atoms with E-state index in [1.54, 1.807) is 12.1 Å². The highest BCUT2D eigenvalue weighted by molar-refractivity contribution is 7.80. The number of hydrogen-bond donors (Lipinski definition) is 2. The molecule has 0 amide bonds. The second-order valence-corrected chi connectivity index (χ2v) is 10.8. The molecule has 0 saturated heterocycles. The molecule has 0 aliphatic carbocycles. The van der Waals surface area contributed by atoms with Crippen LogP contribution in [0.1, 0.15) is 46.2 Å². The molecule has 5 rings (SSSR count). The molecule has 1 unspecified atom stereocenters. The largest absolute Gasteiger partial charge is 0.573 e. The van der Waals surface area contributed by atoms with Gasteiger partial charge in [-0.2, -0.15) is 0 Å². The summed E-state index contributed by atoms with van der Waals surface area (Å²) in [5.41, 5.74) is 8.35. The molecule has 2 N–H and O–H groups in total. The van der Waals surface area contributed by atoms with Crippen LogP contribution < -0.4 is 15.4 Å². The van der Waals surface area contributed by atoms with Gasteiger partial charge >= 0.3 is 6.36 Å². The zero-order valence-electron chi connectivity index (χ0n) is 23.3. The molecular formula is C33H31F3N4OS. The third kappa shape index (κ3) is 7.73. The third-order valence-corrected chi connectivity index (χ3v) is 7.46. The number of allylic oxidation sites excluding steroid dienone is 2. The van der Waals surface area contributed by atoms with Crippen LogP contribution >= 0.6 is 12.2 Å². The first-order chi connectivity index (χ1) is 20.1. The maximum atomic E-state index is 12.4. The Bertz CT molecular complexity index is 1570. The number of nitrogens with zero attached hydrogens (tertiary/aromatic N) is 2. The van der Waals surface area contributed by atoms with Crippen molar-refractivity contribution in [2.75, 3.05) is 5.32 Å². The van der Waals surface area contributed by atoms with Crippen molar-refractivity contribution in [3.05, 3.63) is 112 Å². The van der Waals surface area contributed by atoms with Gasteiger partial charge in [0.2, 0.25) is 0 Å². The highest BCUT2D eigenvalue weighted by atomic mass is 32.1. The SMILES string of the molecule is Cc1cccc(C)c1NC(=S)NC1=CCc2ccc(C3=CCC(CCc4ccc(OC(F)(F)F)cc4)C=N3)cc2C=N1. The van der Waals surface area contributed by atoms with E-state index in [0.717, 1.165) is 70.4 Å². The van der Waals surface area contributed by atoms with Crippen LogP contribution in [-0.2, 0) is 12.8 Å². The highest BCUT2D eigenvalue weighted by Gasteiger charge is 2.31. The number of para-hydroxylation sites is 1. The van der Waals surface area contributed by atoms with Crippen LogP contribution in [0, 0.1) is 19.8 Å². The molecule has 1 atom stereocenters. The number of aliphatic imine (C=N–C) groups is 2. The van der Waals surface area contributed by atoms with E-state index in [1.165, 1.54) is 12.1 Å². The van der Waals surface area contributed by atoms with Crippen molar-refractivity contribution in [2.24, 2.45) is 15.9 Å². The van der Waals surface area contributed by atoms with Gasteiger partial charge in [-0.05, 0) is 110 Å². The smallest absolute Gasteiger partial charge is 0.406 e. The minimum absolute atomic E-state index is 0.208. The number of alkyl halides is 3. The lowest BCUT2D eigenvalue weighted by Crippen LogP contribution is -2.28. The van der Waals surface area contributed by atoms with Crippen molar-refractivity contribution in [2.45, 2.75) is 45.9 Å². The maximum Gasteiger partial charge on any atom is 0.573 e. The first-order valence-corrected chi connectivity index (χ1v) is 14.1. The molecule has 3 aromatic rings. The Morgan fingerprint density at radius 2 is 1.74 bits per heavy atom. The molecule has 0 saturated carbocycles.